The van der Waals surface area contributed by atoms with E-state index in [0.29, 0.717) is 17.9 Å². The summed E-state index contributed by atoms with van der Waals surface area (Å²) in [4.78, 5) is 0.225. The molecule has 0 amide bonds. The molecule has 130 valence electrons. The van der Waals surface area contributed by atoms with Gasteiger partial charge in [0.25, 0.3) is 0 Å². The number of nitrogens with two attached hydrogens (primary N) is 1. The molecule has 0 fully saturated rings. The van der Waals surface area contributed by atoms with Gasteiger partial charge in [0.05, 0.1) is 28.9 Å². The third-order valence-corrected chi connectivity index (χ3v) is 6.83. The molecular formula is C16H21ClN4O2S. The Hall–Kier alpha value is -1.41. The lowest BCUT2D eigenvalue weighted by Gasteiger charge is -2.43. The second-order valence-electron chi connectivity index (χ2n) is 5.95. The van der Waals surface area contributed by atoms with Gasteiger partial charge in [0.15, 0.2) is 0 Å². The standard InChI is InChI=1S/C16H21ClN4O2S/c1-3-13-12-9-19-20-16(12)15(18)14(4-2)21(13)24(22,23)11-7-5-10(17)6-8-11/h5-9,13-15H,3-4,18H2,1-2H3,(H,19,20). The Balaban J connectivity index is 2.14. The van der Waals surface area contributed by atoms with Gasteiger partial charge in [-0.2, -0.15) is 9.40 Å². The fourth-order valence-corrected chi connectivity index (χ4v) is 5.55. The average molecular weight is 369 g/mol. The molecule has 0 bridgehead atoms. The highest BCUT2D eigenvalue weighted by Crippen LogP contribution is 2.43. The van der Waals surface area contributed by atoms with Crippen LogP contribution in [0.5, 0.6) is 0 Å². The molecule has 1 aliphatic heterocycles. The molecule has 3 rings (SSSR count). The number of H-pyrrole nitrogens is 1. The zero-order valence-electron chi connectivity index (χ0n) is 13.6. The number of halogens is 1. The van der Waals surface area contributed by atoms with Crippen molar-refractivity contribution in [2.75, 3.05) is 0 Å². The molecule has 2 heterocycles. The lowest BCUT2D eigenvalue weighted by Crippen LogP contribution is -2.51. The summed E-state index contributed by atoms with van der Waals surface area (Å²) in [7, 11) is -3.70. The fraction of sp³-hybridized carbons (Fsp3) is 0.438. The molecule has 1 aliphatic rings. The Bertz CT molecular complexity index is 819. The number of aromatic amines is 1. The van der Waals surface area contributed by atoms with Crippen LogP contribution in [0.25, 0.3) is 0 Å². The van der Waals surface area contributed by atoms with E-state index in [2.05, 4.69) is 10.2 Å². The van der Waals surface area contributed by atoms with Crippen LogP contribution in [0.4, 0.5) is 0 Å². The molecule has 0 saturated heterocycles. The van der Waals surface area contributed by atoms with E-state index in [1.807, 2.05) is 13.8 Å². The minimum Gasteiger partial charge on any atom is -0.321 e. The monoisotopic (exact) mass is 368 g/mol. The maximum Gasteiger partial charge on any atom is 0.243 e. The van der Waals surface area contributed by atoms with Gasteiger partial charge in [0.2, 0.25) is 10.0 Å². The Morgan fingerprint density at radius 2 is 1.92 bits per heavy atom. The van der Waals surface area contributed by atoms with E-state index in [1.165, 1.54) is 12.1 Å². The van der Waals surface area contributed by atoms with Crippen molar-refractivity contribution in [2.24, 2.45) is 5.73 Å². The van der Waals surface area contributed by atoms with E-state index in [4.69, 9.17) is 17.3 Å². The highest BCUT2D eigenvalue weighted by atomic mass is 35.5. The molecule has 8 heteroatoms. The van der Waals surface area contributed by atoms with Crippen molar-refractivity contribution in [3.05, 3.63) is 46.7 Å². The molecule has 2 aromatic rings. The summed E-state index contributed by atoms with van der Waals surface area (Å²) in [5.41, 5.74) is 8.04. The van der Waals surface area contributed by atoms with Crippen molar-refractivity contribution in [3.8, 4) is 0 Å². The van der Waals surface area contributed by atoms with E-state index in [1.54, 1.807) is 22.6 Å². The molecule has 0 saturated carbocycles. The lowest BCUT2D eigenvalue weighted by molar-refractivity contribution is 0.188. The largest absolute Gasteiger partial charge is 0.321 e. The van der Waals surface area contributed by atoms with Gasteiger partial charge in [0.1, 0.15) is 0 Å². The third-order valence-electron chi connectivity index (χ3n) is 4.63. The smallest absolute Gasteiger partial charge is 0.243 e. The molecule has 3 atom stereocenters. The molecule has 3 unspecified atom stereocenters. The van der Waals surface area contributed by atoms with Crippen molar-refractivity contribution in [1.82, 2.24) is 14.5 Å². The van der Waals surface area contributed by atoms with Gasteiger partial charge >= 0.3 is 0 Å². The van der Waals surface area contributed by atoms with Crippen molar-refractivity contribution < 1.29 is 8.42 Å². The number of fused-ring (bicyclic) bond motifs is 1. The van der Waals surface area contributed by atoms with Crippen LogP contribution in [-0.4, -0.2) is 29.0 Å². The molecule has 1 aromatic carbocycles. The first-order valence-electron chi connectivity index (χ1n) is 7.99. The lowest BCUT2D eigenvalue weighted by atomic mass is 9.90. The predicted molar refractivity (Wildman–Crippen MR) is 93.1 cm³/mol. The molecule has 3 N–H and O–H groups in total. The van der Waals surface area contributed by atoms with E-state index in [-0.39, 0.29) is 17.0 Å². The minimum absolute atomic E-state index is 0.225. The maximum absolute atomic E-state index is 13.3. The van der Waals surface area contributed by atoms with Gasteiger partial charge < -0.3 is 5.73 Å². The third kappa shape index (κ3) is 2.65. The van der Waals surface area contributed by atoms with Crippen molar-refractivity contribution in [1.29, 1.82) is 0 Å². The summed E-state index contributed by atoms with van der Waals surface area (Å²) in [6, 6.07) is 5.19. The number of sulfonamides is 1. The molecule has 1 aromatic heterocycles. The Morgan fingerprint density at radius 3 is 2.50 bits per heavy atom. The van der Waals surface area contributed by atoms with Crippen molar-refractivity contribution >= 4 is 21.6 Å². The van der Waals surface area contributed by atoms with Gasteiger partial charge in [-0.25, -0.2) is 8.42 Å². The number of benzene rings is 1. The minimum atomic E-state index is -3.70. The van der Waals surface area contributed by atoms with Crippen LogP contribution < -0.4 is 5.73 Å². The zero-order valence-corrected chi connectivity index (χ0v) is 15.2. The van der Waals surface area contributed by atoms with Gasteiger partial charge in [-0.05, 0) is 37.1 Å². The van der Waals surface area contributed by atoms with E-state index >= 15 is 0 Å². The second kappa shape index (κ2) is 6.48. The van der Waals surface area contributed by atoms with Gasteiger partial charge in [0, 0.05) is 16.6 Å². The quantitative estimate of drug-likeness (QED) is 0.867. The molecular weight excluding hydrogens is 348 g/mol. The molecule has 24 heavy (non-hydrogen) atoms. The highest BCUT2D eigenvalue weighted by molar-refractivity contribution is 7.89. The molecule has 0 spiro atoms. The average Bonchev–Trinajstić information content (AvgIpc) is 3.05. The van der Waals surface area contributed by atoms with E-state index in [9.17, 15) is 8.42 Å². The summed E-state index contributed by atoms with van der Waals surface area (Å²) in [5, 5.41) is 7.52. The maximum atomic E-state index is 13.3. The van der Waals surface area contributed by atoms with Crippen LogP contribution in [-0.2, 0) is 10.0 Å². The second-order valence-corrected chi connectivity index (χ2v) is 8.23. The van der Waals surface area contributed by atoms with Crippen LogP contribution >= 0.6 is 11.6 Å². The Morgan fingerprint density at radius 1 is 1.25 bits per heavy atom. The van der Waals surface area contributed by atoms with Crippen LogP contribution in [0, 0.1) is 0 Å². The van der Waals surface area contributed by atoms with Gasteiger partial charge in [-0.3, -0.25) is 5.10 Å². The molecule has 0 radical (unpaired) electrons. The van der Waals surface area contributed by atoms with Crippen LogP contribution in [0.15, 0.2) is 35.4 Å². The molecule has 0 aliphatic carbocycles. The first kappa shape index (κ1) is 17.4. The zero-order chi connectivity index (χ0) is 17.5. The number of hydrogen-bond donors (Lipinski definition) is 2. The Kier molecular flexibility index (Phi) is 4.70. The number of nitrogens with zero attached hydrogens (tertiary/aromatic N) is 2. The van der Waals surface area contributed by atoms with E-state index < -0.39 is 16.1 Å². The Labute approximate surface area is 147 Å². The van der Waals surface area contributed by atoms with Gasteiger partial charge in [-0.15, -0.1) is 0 Å². The predicted octanol–water partition coefficient (Wildman–Crippen LogP) is 3.00. The fourth-order valence-electron chi connectivity index (χ4n) is 3.46. The van der Waals surface area contributed by atoms with Crippen molar-refractivity contribution in [2.45, 2.75) is 49.7 Å². The summed E-state index contributed by atoms with van der Waals surface area (Å²) < 4.78 is 28.2. The number of aromatic nitrogens is 2. The topological polar surface area (TPSA) is 92.1 Å². The normalized spacial score (nSPS) is 24.8. The van der Waals surface area contributed by atoms with Crippen LogP contribution in [0.2, 0.25) is 5.02 Å². The SMILES string of the molecule is CCC1c2cn[nH]c2C(N)C(CC)N1S(=O)(=O)c1ccc(Cl)cc1. The number of hydrogen-bond acceptors (Lipinski definition) is 4. The number of nitrogens with one attached hydrogen (secondary N) is 1. The summed E-state index contributed by atoms with van der Waals surface area (Å²) in [6.45, 7) is 3.92. The first-order valence-corrected chi connectivity index (χ1v) is 9.81. The first-order chi connectivity index (χ1) is 11.4. The summed E-state index contributed by atoms with van der Waals surface area (Å²) in [6.07, 6.45) is 2.94. The summed E-state index contributed by atoms with van der Waals surface area (Å²) >= 11 is 5.89. The number of rotatable bonds is 4. The van der Waals surface area contributed by atoms with Gasteiger partial charge in [-0.1, -0.05) is 25.4 Å². The van der Waals surface area contributed by atoms with Crippen molar-refractivity contribution in [3.63, 3.8) is 0 Å². The van der Waals surface area contributed by atoms with E-state index in [0.717, 1.165) is 11.3 Å². The highest BCUT2D eigenvalue weighted by Gasteiger charge is 2.45. The molecule has 6 nitrogen and oxygen atoms in total. The summed E-state index contributed by atoms with van der Waals surface area (Å²) in [5.74, 6) is 0. The van der Waals surface area contributed by atoms with Crippen LogP contribution in [0.1, 0.15) is 50.0 Å². The van der Waals surface area contributed by atoms with Crippen LogP contribution in [0.3, 0.4) is 0 Å².